The second-order valence-corrected chi connectivity index (χ2v) is 6.77. The Labute approximate surface area is 162 Å². The van der Waals surface area contributed by atoms with Gasteiger partial charge in [-0.05, 0) is 30.2 Å². The summed E-state index contributed by atoms with van der Waals surface area (Å²) >= 11 is 0. The number of nitro groups is 1. The van der Waals surface area contributed by atoms with Crippen molar-refractivity contribution in [3.63, 3.8) is 0 Å². The van der Waals surface area contributed by atoms with Gasteiger partial charge in [-0.25, -0.2) is 4.79 Å². The molecule has 3 rings (SSSR count). The predicted molar refractivity (Wildman–Crippen MR) is 105 cm³/mol. The summed E-state index contributed by atoms with van der Waals surface area (Å²) in [7, 11) is 0. The van der Waals surface area contributed by atoms with Crippen molar-refractivity contribution in [1.29, 1.82) is 0 Å². The number of hydrogen-bond donors (Lipinski definition) is 1. The first kappa shape index (κ1) is 19.3. The summed E-state index contributed by atoms with van der Waals surface area (Å²) in [4.78, 5) is 38.5. The van der Waals surface area contributed by atoms with E-state index in [0.717, 1.165) is 16.8 Å². The lowest BCUT2D eigenvalue weighted by Crippen LogP contribution is -2.52. The van der Waals surface area contributed by atoms with E-state index in [1.54, 1.807) is 21.9 Å². The SMILES string of the molecule is Cc1cccc(NC(=O)N2CCN(C(=O)Cc3ccc([N+](=O)[O-])cc3)CC2)c1. The topological polar surface area (TPSA) is 95.8 Å². The fourth-order valence-corrected chi connectivity index (χ4v) is 3.11. The number of nitro benzene ring substituents is 1. The summed E-state index contributed by atoms with van der Waals surface area (Å²) < 4.78 is 0. The van der Waals surface area contributed by atoms with Gasteiger partial charge in [-0.15, -0.1) is 0 Å². The van der Waals surface area contributed by atoms with Crippen LogP contribution in [-0.4, -0.2) is 52.8 Å². The summed E-state index contributed by atoms with van der Waals surface area (Å²) in [5.74, 6) is -0.0485. The Morgan fingerprint density at radius 3 is 2.29 bits per heavy atom. The van der Waals surface area contributed by atoms with Crippen LogP contribution in [0.15, 0.2) is 48.5 Å². The first-order chi connectivity index (χ1) is 13.4. The number of carbonyl (C=O) groups is 2. The van der Waals surface area contributed by atoms with Crippen molar-refractivity contribution in [2.24, 2.45) is 0 Å². The van der Waals surface area contributed by atoms with E-state index in [9.17, 15) is 19.7 Å². The molecule has 0 atom stereocenters. The zero-order chi connectivity index (χ0) is 20.1. The number of urea groups is 1. The van der Waals surface area contributed by atoms with Gasteiger partial charge >= 0.3 is 6.03 Å². The van der Waals surface area contributed by atoms with Crippen molar-refractivity contribution in [3.8, 4) is 0 Å². The predicted octanol–water partition coefficient (Wildman–Crippen LogP) is 2.82. The molecule has 1 fully saturated rings. The molecule has 1 N–H and O–H groups in total. The van der Waals surface area contributed by atoms with Crippen LogP contribution in [0.3, 0.4) is 0 Å². The lowest BCUT2D eigenvalue weighted by molar-refractivity contribution is -0.384. The number of hydrogen-bond acceptors (Lipinski definition) is 4. The van der Waals surface area contributed by atoms with Gasteiger partial charge in [0.15, 0.2) is 0 Å². The van der Waals surface area contributed by atoms with Crippen molar-refractivity contribution in [2.75, 3.05) is 31.5 Å². The van der Waals surface area contributed by atoms with Crippen LogP contribution in [0.5, 0.6) is 0 Å². The summed E-state index contributed by atoms with van der Waals surface area (Å²) in [6.45, 7) is 3.82. The summed E-state index contributed by atoms with van der Waals surface area (Å²) in [6, 6.07) is 13.4. The Balaban J connectivity index is 1.49. The van der Waals surface area contributed by atoms with Gasteiger partial charge in [0.2, 0.25) is 5.91 Å². The van der Waals surface area contributed by atoms with Crippen molar-refractivity contribution >= 4 is 23.3 Å². The maximum atomic E-state index is 12.5. The molecule has 1 saturated heterocycles. The van der Waals surface area contributed by atoms with E-state index in [-0.39, 0.29) is 24.0 Å². The van der Waals surface area contributed by atoms with E-state index in [4.69, 9.17) is 0 Å². The Morgan fingerprint density at radius 2 is 1.68 bits per heavy atom. The van der Waals surface area contributed by atoms with Crippen LogP contribution in [0, 0.1) is 17.0 Å². The molecule has 1 heterocycles. The molecule has 0 aromatic heterocycles. The molecule has 1 aliphatic rings. The van der Waals surface area contributed by atoms with Gasteiger partial charge in [-0.3, -0.25) is 14.9 Å². The number of non-ortho nitro benzene ring substituents is 1. The van der Waals surface area contributed by atoms with Crippen LogP contribution in [0.25, 0.3) is 0 Å². The molecular formula is C20H22N4O4. The third-order valence-corrected chi connectivity index (χ3v) is 4.69. The molecule has 0 aliphatic carbocycles. The number of rotatable bonds is 4. The third-order valence-electron chi connectivity index (χ3n) is 4.69. The van der Waals surface area contributed by atoms with Gasteiger partial charge in [-0.1, -0.05) is 24.3 Å². The molecule has 146 valence electrons. The molecule has 3 amide bonds. The van der Waals surface area contributed by atoms with Gasteiger partial charge in [-0.2, -0.15) is 0 Å². The van der Waals surface area contributed by atoms with Crippen molar-refractivity contribution in [3.05, 3.63) is 69.8 Å². The van der Waals surface area contributed by atoms with E-state index in [1.165, 1.54) is 12.1 Å². The van der Waals surface area contributed by atoms with Gasteiger partial charge < -0.3 is 15.1 Å². The van der Waals surface area contributed by atoms with E-state index >= 15 is 0 Å². The number of anilines is 1. The average molecular weight is 382 g/mol. The minimum Gasteiger partial charge on any atom is -0.339 e. The third kappa shape index (κ3) is 4.85. The van der Waals surface area contributed by atoms with E-state index in [1.807, 2.05) is 31.2 Å². The molecule has 0 saturated carbocycles. The maximum absolute atomic E-state index is 12.5. The zero-order valence-electron chi connectivity index (χ0n) is 15.6. The van der Waals surface area contributed by atoms with Crippen LogP contribution in [-0.2, 0) is 11.2 Å². The van der Waals surface area contributed by atoms with E-state index < -0.39 is 4.92 Å². The van der Waals surface area contributed by atoms with Crippen LogP contribution in [0.2, 0.25) is 0 Å². The molecule has 8 nitrogen and oxygen atoms in total. The molecule has 2 aromatic rings. The Hall–Kier alpha value is -3.42. The quantitative estimate of drug-likeness (QED) is 0.650. The number of piperazine rings is 1. The van der Waals surface area contributed by atoms with Gasteiger partial charge in [0.05, 0.1) is 11.3 Å². The zero-order valence-corrected chi connectivity index (χ0v) is 15.6. The first-order valence-corrected chi connectivity index (χ1v) is 9.06. The van der Waals surface area contributed by atoms with E-state index in [2.05, 4.69) is 5.32 Å². The second kappa shape index (κ2) is 8.51. The molecule has 0 unspecified atom stereocenters. The molecule has 28 heavy (non-hydrogen) atoms. The molecule has 1 aliphatic heterocycles. The highest BCUT2D eigenvalue weighted by Crippen LogP contribution is 2.15. The van der Waals surface area contributed by atoms with E-state index in [0.29, 0.717) is 26.2 Å². The summed E-state index contributed by atoms with van der Waals surface area (Å²) in [5, 5.41) is 13.6. The molecule has 0 bridgehead atoms. The highest BCUT2D eigenvalue weighted by molar-refractivity contribution is 5.89. The van der Waals surface area contributed by atoms with Gasteiger partial charge in [0, 0.05) is 44.0 Å². The minimum atomic E-state index is -0.466. The molecule has 0 radical (unpaired) electrons. The molecule has 2 aromatic carbocycles. The number of nitrogens with one attached hydrogen (secondary N) is 1. The summed E-state index contributed by atoms with van der Waals surface area (Å²) in [6.07, 6.45) is 0.188. The molecular weight excluding hydrogens is 360 g/mol. The highest BCUT2D eigenvalue weighted by Gasteiger charge is 2.24. The first-order valence-electron chi connectivity index (χ1n) is 9.06. The lowest BCUT2D eigenvalue weighted by atomic mass is 10.1. The lowest BCUT2D eigenvalue weighted by Gasteiger charge is -2.34. The van der Waals surface area contributed by atoms with Crippen molar-refractivity contribution in [1.82, 2.24) is 9.80 Å². The van der Waals surface area contributed by atoms with Crippen LogP contribution in [0.4, 0.5) is 16.2 Å². The maximum Gasteiger partial charge on any atom is 0.321 e. The van der Waals surface area contributed by atoms with Crippen LogP contribution < -0.4 is 5.32 Å². The fourth-order valence-electron chi connectivity index (χ4n) is 3.11. The summed E-state index contributed by atoms with van der Waals surface area (Å²) in [5.41, 5.74) is 2.56. The minimum absolute atomic E-state index is 0.00411. The largest absolute Gasteiger partial charge is 0.339 e. The fraction of sp³-hybridized carbons (Fsp3) is 0.300. The van der Waals surface area contributed by atoms with Crippen molar-refractivity contribution < 1.29 is 14.5 Å². The number of carbonyl (C=O) groups excluding carboxylic acids is 2. The molecule has 0 spiro atoms. The van der Waals surface area contributed by atoms with Crippen LogP contribution in [0.1, 0.15) is 11.1 Å². The van der Waals surface area contributed by atoms with Crippen LogP contribution >= 0.6 is 0 Å². The van der Waals surface area contributed by atoms with Gasteiger partial charge in [0.1, 0.15) is 0 Å². The van der Waals surface area contributed by atoms with Gasteiger partial charge in [0.25, 0.3) is 5.69 Å². The smallest absolute Gasteiger partial charge is 0.321 e. The number of nitrogens with zero attached hydrogens (tertiary/aromatic N) is 3. The van der Waals surface area contributed by atoms with Crippen molar-refractivity contribution in [2.45, 2.75) is 13.3 Å². The number of amides is 3. The Bertz CT molecular complexity index is 874. The monoisotopic (exact) mass is 382 g/mol. The Kier molecular flexibility index (Phi) is 5.88. The standard InChI is InChI=1S/C20H22N4O4/c1-15-3-2-4-17(13-15)21-20(26)23-11-9-22(10-12-23)19(25)14-16-5-7-18(8-6-16)24(27)28/h2-8,13H,9-12,14H2,1H3,(H,21,26). The number of aryl methyl sites for hydroxylation is 1. The second-order valence-electron chi connectivity index (χ2n) is 6.77. The average Bonchev–Trinajstić information content (AvgIpc) is 2.68. The Morgan fingerprint density at radius 1 is 1.04 bits per heavy atom. The highest BCUT2D eigenvalue weighted by atomic mass is 16.6. The normalized spacial score (nSPS) is 13.9. The molecule has 8 heteroatoms. The number of benzene rings is 2.